The third kappa shape index (κ3) is 1.74. The van der Waals surface area contributed by atoms with E-state index < -0.39 is 0 Å². The van der Waals surface area contributed by atoms with Gasteiger partial charge in [0.1, 0.15) is 0 Å². The first-order valence-corrected chi connectivity index (χ1v) is 4.91. The molecule has 2 nitrogen and oxygen atoms in total. The summed E-state index contributed by atoms with van der Waals surface area (Å²) in [6.07, 6.45) is 5.66. The third-order valence-corrected chi connectivity index (χ3v) is 3.02. The largest absolute Gasteiger partial charge is 0.315 e. The Morgan fingerprint density at radius 2 is 1.82 bits per heavy atom. The summed E-state index contributed by atoms with van der Waals surface area (Å²) in [6.45, 7) is 3.67. The Labute approximate surface area is 68.7 Å². The molecule has 2 rings (SSSR count). The minimum absolute atomic E-state index is 0.784. The highest BCUT2D eigenvalue weighted by molar-refractivity contribution is 4.84. The summed E-state index contributed by atoms with van der Waals surface area (Å²) in [7, 11) is 0. The zero-order chi connectivity index (χ0) is 7.52. The van der Waals surface area contributed by atoms with Crippen molar-refractivity contribution in [2.24, 2.45) is 5.92 Å². The first-order chi connectivity index (χ1) is 5.47. The molecule has 0 bridgehead atoms. The molecule has 0 aromatic carbocycles. The van der Waals surface area contributed by atoms with E-state index in [0.717, 1.165) is 12.0 Å². The van der Waals surface area contributed by atoms with Gasteiger partial charge in [-0.05, 0) is 44.7 Å². The van der Waals surface area contributed by atoms with Gasteiger partial charge in [-0.1, -0.05) is 0 Å². The zero-order valence-corrected chi connectivity index (χ0v) is 7.10. The number of hydrogen-bond acceptors (Lipinski definition) is 2. The lowest BCUT2D eigenvalue weighted by molar-refractivity contribution is 0.277. The fourth-order valence-electron chi connectivity index (χ4n) is 2.35. The van der Waals surface area contributed by atoms with Gasteiger partial charge in [0.2, 0.25) is 0 Å². The fourth-order valence-corrected chi connectivity index (χ4v) is 2.35. The van der Waals surface area contributed by atoms with Crippen molar-refractivity contribution in [1.82, 2.24) is 10.6 Å². The molecule has 0 aromatic rings. The third-order valence-electron chi connectivity index (χ3n) is 3.02. The van der Waals surface area contributed by atoms with Crippen LogP contribution in [0.25, 0.3) is 0 Å². The van der Waals surface area contributed by atoms with Crippen LogP contribution in [0, 0.1) is 5.92 Å². The second kappa shape index (κ2) is 3.55. The molecule has 0 saturated carbocycles. The molecule has 2 N–H and O–H groups in total. The summed E-state index contributed by atoms with van der Waals surface area (Å²) in [4.78, 5) is 0. The van der Waals surface area contributed by atoms with Crippen molar-refractivity contribution in [3.8, 4) is 0 Å². The van der Waals surface area contributed by atoms with E-state index in [-0.39, 0.29) is 0 Å². The van der Waals surface area contributed by atoms with Crippen LogP contribution in [-0.4, -0.2) is 25.7 Å². The minimum Gasteiger partial charge on any atom is -0.315 e. The lowest BCUT2D eigenvalue weighted by atomic mass is 9.88. The molecule has 0 aliphatic carbocycles. The monoisotopic (exact) mass is 154 g/mol. The predicted octanol–water partition coefficient (Wildman–Crippen LogP) is 0.738. The van der Waals surface area contributed by atoms with Gasteiger partial charge >= 0.3 is 0 Å². The molecule has 2 atom stereocenters. The second-order valence-electron chi connectivity index (χ2n) is 3.81. The molecule has 0 spiro atoms. The maximum Gasteiger partial charge on any atom is 0.0220 e. The Balaban J connectivity index is 1.93. The van der Waals surface area contributed by atoms with Crippen LogP contribution in [0.4, 0.5) is 0 Å². The Hall–Kier alpha value is -0.0800. The van der Waals surface area contributed by atoms with Gasteiger partial charge in [0.15, 0.2) is 0 Å². The smallest absolute Gasteiger partial charge is 0.0220 e. The second-order valence-corrected chi connectivity index (χ2v) is 3.81. The van der Waals surface area contributed by atoms with Gasteiger partial charge in [-0.2, -0.15) is 0 Å². The van der Waals surface area contributed by atoms with Gasteiger partial charge in [0, 0.05) is 12.6 Å². The Morgan fingerprint density at radius 1 is 1.00 bits per heavy atom. The summed E-state index contributed by atoms with van der Waals surface area (Å²) < 4.78 is 0. The SMILES string of the molecule is C1CNC[C@@H]2NCCC[C@H]2C1. The van der Waals surface area contributed by atoms with Crippen molar-refractivity contribution < 1.29 is 0 Å². The van der Waals surface area contributed by atoms with Crippen LogP contribution < -0.4 is 10.6 Å². The van der Waals surface area contributed by atoms with Gasteiger partial charge in [-0.25, -0.2) is 0 Å². The van der Waals surface area contributed by atoms with Crippen LogP contribution in [0.3, 0.4) is 0 Å². The Bertz CT molecular complexity index is 111. The topological polar surface area (TPSA) is 24.1 Å². The van der Waals surface area contributed by atoms with Crippen molar-refractivity contribution in [3.05, 3.63) is 0 Å². The summed E-state index contributed by atoms with van der Waals surface area (Å²) in [5, 5.41) is 7.08. The molecule has 2 aliphatic heterocycles. The van der Waals surface area contributed by atoms with E-state index in [1.54, 1.807) is 0 Å². The van der Waals surface area contributed by atoms with Gasteiger partial charge in [-0.15, -0.1) is 0 Å². The van der Waals surface area contributed by atoms with E-state index >= 15 is 0 Å². The van der Waals surface area contributed by atoms with E-state index in [1.807, 2.05) is 0 Å². The van der Waals surface area contributed by atoms with Crippen molar-refractivity contribution >= 4 is 0 Å². The first kappa shape index (κ1) is 7.56. The fraction of sp³-hybridized carbons (Fsp3) is 1.00. The van der Waals surface area contributed by atoms with Crippen LogP contribution in [0.5, 0.6) is 0 Å². The highest BCUT2D eigenvalue weighted by Crippen LogP contribution is 2.22. The highest BCUT2D eigenvalue weighted by atomic mass is 15.0. The quantitative estimate of drug-likeness (QED) is 0.538. The van der Waals surface area contributed by atoms with E-state index in [0.29, 0.717) is 0 Å². The zero-order valence-electron chi connectivity index (χ0n) is 7.10. The van der Waals surface area contributed by atoms with Crippen LogP contribution in [0.15, 0.2) is 0 Å². The van der Waals surface area contributed by atoms with Gasteiger partial charge in [0.05, 0.1) is 0 Å². The molecule has 2 fully saturated rings. The van der Waals surface area contributed by atoms with E-state index in [4.69, 9.17) is 0 Å². The lowest BCUT2D eigenvalue weighted by Crippen LogP contribution is -2.45. The minimum atomic E-state index is 0.784. The van der Waals surface area contributed by atoms with Gasteiger partial charge in [-0.3, -0.25) is 0 Å². The van der Waals surface area contributed by atoms with E-state index in [2.05, 4.69) is 10.6 Å². The normalized spacial score (nSPS) is 39.3. The number of piperidine rings is 1. The average Bonchev–Trinajstić information content (AvgIpc) is 2.28. The molecule has 2 aliphatic rings. The molecule has 0 unspecified atom stereocenters. The van der Waals surface area contributed by atoms with Crippen molar-refractivity contribution in [2.75, 3.05) is 19.6 Å². The Kier molecular flexibility index (Phi) is 2.44. The molecule has 11 heavy (non-hydrogen) atoms. The molecule has 0 amide bonds. The number of hydrogen-bond donors (Lipinski definition) is 2. The van der Waals surface area contributed by atoms with Crippen LogP contribution in [-0.2, 0) is 0 Å². The molecule has 2 heteroatoms. The molecule has 64 valence electrons. The van der Waals surface area contributed by atoms with Crippen molar-refractivity contribution in [3.63, 3.8) is 0 Å². The molecule has 2 saturated heterocycles. The summed E-state index contributed by atoms with van der Waals surface area (Å²) >= 11 is 0. The average molecular weight is 154 g/mol. The molecular weight excluding hydrogens is 136 g/mol. The van der Waals surface area contributed by atoms with Crippen LogP contribution in [0.2, 0.25) is 0 Å². The maximum absolute atomic E-state index is 3.60. The maximum atomic E-state index is 3.60. The summed E-state index contributed by atoms with van der Waals surface area (Å²) in [5.41, 5.74) is 0. The first-order valence-electron chi connectivity index (χ1n) is 4.91. The molecule has 0 aromatic heterocycles. The number of fused-ring (bicyclic) bond motifs is 1. The number of nitrogens with one attached hydrogen (secondary N) is 2. The van der Waals surface area contributed by atoms with Gasteiger partial charge in [0.25, 0.3) is 0 Å². The molecule has 0 radical (unpaired) electrons. The summed E-state index contributed by atoms with van der Waals surface area (Å²) in [5.74, 6) is 0.971. The standard InChI is InChI=1S/C9H18N2/c1-3-8-4-2-6-11-9(8)7-10-5-1/h8-11H,1-7H2/t8-,9+/m1/s1. The summed E-state index contributed by atoms with van der Waals surface area (Å²) in [6, 6.07) is 0.784. The molecular formula is C9H18N2. The van der Waals surface area contributed by atoms with E-state index in [9.17, 15) is 0 Å². The van der Waals surface area contributed by atoms with E-state index in [1.165, 1.54) is 45.3 Å². The number of rotatable bonds is 0. The van der Waals surface area contributed by atoms with Crippen molar-refractivity contribution in [1.29, 1.82) is 0 Å². The molecule has 2 heterocycles. The van der Waals surface area contributed by atoms with Gasteiger partial charge < -0.3 is 10.6 Å². The lowest BCUT2D eigenvalue weighted by Gasteiger charge is -2.30. The van der Waals surface area contributed by atoms with Crippen molar-refractivity contribution in [2.45, 2.75) is 31.7 Å². The highest BCUT2D eigenvalue weighted by Gasteiger charge is 2.25. The Morgan fingerprint density at radius 3 is 2.73 bits per heavy atom. The predicted molar refractivity (Wildman–Crippen MR) is 46.6 cm³/mol. The van der Waals surface area contributed by atoms with Crippen LogP contribution in [0.1, 0.15) is 25.7 Å². The van der Waals surface area contributed by atoms with Crippen LogP contribution >= 0.6 is 0 Å².